The van der Waals surface area contributed by atoms with E-state index < -0.39 is 0 Å². The minimum atomic E-state index is -0.0894. The molecule has 314 valence electrons. The van der Waals surface area contributed by atoms with Crippen LogP contribution in [-0.4, -0.2) is 0 Å². The smallest absolute Gasteiger partial charge is 0.0337 e. The van der Waals surface area contributed by atoms with Crippen LogP contribution in [-0.2, 0) is 17.3 Å². The Kier molecular flexibility index (Phi) is 7.85. The molecule has 9 aromatic rings. The topological polar surface area (TPSA) is 0 Å². The molecule has 0 saturated heterocycles. The molecule has 5 aliphatic carbocycles. The summed E-state index contributed by atoms with van der Waals surface area (Å²) in [4.78, 5) is 0. The largest absolute Gasteiger partial charge is 0.0758 e. The maximum atomic E-state index is 2.64. The molecule has 0 spiro atoms. The molecule has 0 aliphatic heterocycles. The minimum Gasteiger partial charge on any atom is -0.0758 e. The van der Waals surface area contributed by atoms with E-state index in [1.54, 1.807) is 0 Å². The van der Waals surface area contributed by atoms with Gasteiger partial charge in [-0.3, -0.25) is 0 Å². The lowest BCUT2D eigenvalue weighted by atomic mass is 9.67. The average Bonchev–Trinajstić information content (AvgIpc) is 3.91. The zero-order chi connectivity index (χ0) is 44.1. The first kappa shape index (κ1) is 38.0. The maximum absolute atomic E-state index is 2.64. The van der Waals surface area contributed by atoms with E-state index in [9.17, 15) is 0 Å². The van der Waals surface area contributed by atoms with Crippen LogP contribution in [0, 0.1) is 0 Å². The zero-order valence-electron chi connectivity index (χ0n) is 38.0. The molecule has 9 aromatic carbocycles. The second-order valence-electron chi connectivity index (χ2n) is 20.7. The molecule has 0 radical (unpaired) electrons. The summed E-state index contributed by atoms with van der Waals surface area (Å²) in [5.41, 5.74) is 29.0. The Morgan fingerprint density at radius 2 is 0.985 bits per heavy atom. The van der Waals surface area contributed by atoms with E-state index in [1.807, 2.05) is 0 Å². The summed E-state index contributed by atoms with van der Waals surface area (Å²) in [7, 11) is 0. The van der Waals surface area contributed by atoms with Crippen LogP contribution in [0.4, 0.5) is 0 Å². The van der Waals surface area contributed by atoms with Gasteiger partial charge in [-0.15, -0.1) is 0 Å². The molecule has 0 heteroatoms. The molecule has 3 unspecified atom stereocenters. The van der Waals surface area contributed by atoms with Crippen LogP contribution >= 0.6 is 0 Å². The maximum Gasteiger partial charge on any atom is 0.0337 e. The minimum absolute atomic E-state index is 0.0597. The number of rotatable bonds is 4. The van der Waals surface area contributed by atoms with Gasteiger partial charge in [-0.1, -0.05) is 216 Å². The second-order valence-corrected chi connectivity index (χ2v) is 20.7. The molecule has 0 nitrogen and oxygen atoms in total. The second kappa shape index (κ2) is 13.6. The lowest BCUT2D eigenvalue weighted by Crippen LogP contribution is -2.19. The molecule has 66 heavy (non-hydrogen) atoms. The van der Waals surface area contributed by atoms with Crippen molar-refractivity contribution in [3.05, 3.63) is 261 Å². The van der Waals surface area contributed by atoms with Crippen LogP contribution in [0.3, 0.4) is 0 Å². The standard InChI is InChI=1S/C66H50/c1-65(2)59-23-13-11-21-52(59)54-31-27-42(37-61(54)65)63(41-26-30-51-49-19-8-7-17-47(49)48-18-9-10-20-50(48)57(51)35-41)40-25-29-45-44(33-40)36-58-56(45)34-39-15-5-6-16-46(39)64(58)43-28-32-55-53-22-12-14-24-60(53)66(3,4)62(55)38-43/h5-35,37-38,51,57,63H,36H2,1-4H3. The first-order chi connectivity index (χ1) is 32.2. The van der Waals surface area contributed by atoms with E-state index in [1.165, 1.54) is 128 Å². The summed E-state index contributed by atoms with van der Waals surface area (Å²) in [6, 6.07) is 70.0. The van der Waals surface area contributed by atoms with Crippen LogP contribution in [0.25, 0.3) is 66.4 Å². The summed E-state index contributed by atoms with van der Waals surface area (Å²) < 4.78 is 0. The lowest BCUT2D eigenvalue weighted by molar-refractivity contribution is 0.658. The van der Waals surface area contributed by atoms with Crippen molar-refractivity contribution >= 4 is 10.8 Å². The van der Waals surface area contributed by atoms with Gasteiger partial charge in [-0.2, -0.15) is 0 Å². The number of benzene rings is 9. The van der Waals surface area contributed by atoms with E-state index in [-0.39, 0.29) is 22.7 Å². The highest BCUT2D eigenvalue weighted by Crippen LogP contribution is 2.56. The molecule has 14 rings (SSSR count). The van der Waals surface area contributed by atoms with E-state index in [0.29, 0.717) is 5.92 Å². The van der Waals surface area contributed by atoms with Crippen molar-refractivity contribution < 1.29 is 0 Å². The molecule has 0 fully saturated rings. The van der Waals surface area contributed by atoms with Gasteiger partial charge in [-0.25, -0.2) is 0 Å². The molecular formula is C66H50. The number of allylic oxidation sites excluding steroid dienone is 4. The van der Waals surface area contributed by atoms with E-state index in [0.717, 1.165) is 6.42 Å². The summed E-state index contributed by atoms with van der Waals surface area (Å²) in [6.45, 7) is 9.61. The Balaban J connectivity index is 0.927. The van der Waals surface area contributed by atoms with Gasteiger partial charge in [0, 0.05) is 28.6 Å². The summed E-state index contributed by atoms with van der Waals surface area (Å²) in [6.07, 6.45) is 8.54. The van der Waals surface area contributed by atoms with Crippen molar-refractivity contribution in [3.8, 4) is 55.6 Å². The van der Waals surface area contributed by atoms with Crippen LogP contribution in [0.1, 0.15) is 101 Å². The molecule has 0 bridgehead atoms. The summed E-state index contributed by atoms with van der Waals surface area (Å²) >= 11 is 0. The lowest BCUT2D eigenvalue weighted by Gasteiger charge is -2.36. The van der Waals surface area contributed by atoms with Crippen LogP contribution in [0.2, 0.25) is 0 Å². The van der Waals surface area contributed by atoms with Crippen LogP contribution in [0.15, 0.2) is 206 Å². The molecule has 0 aromatic heterocycles. The zero-order valence-corrected chi connectivity index (χ0v) is 38.0. The number of fused-ring (bicyclic) bond motifs is 16. The summed E-state index contributed by atoms with van der Waals surface area (Å²) in [5, 5.41) is 2.63. The Morgan fingerprint density at radius 3 is 1.70 bits per heavy atom. The fraction of sp³-hybridized carbons (Fsp3) is 0.152. The van der Waals surface area contributed by atoms with Crippen LogP contribution < -0.4 is 0 Å². The normalized spacial score (nSPS) is 18.5. The quantitative estimate of drug-likeness (QED) is 0.166. The number of hydrogen-bond donors (Lipinski definition) is 0. The molecule has 3 atom stereocenters. The van der Waals surface area contributed by atoms with Gasteiger partial charge in [0.15, 0.2) is 0 Å². The van der Waals surface area contributed by atoms with Crippen LogP contribution in [0.5, 0.6) is 0 Å². The molecule has 5 aliphatic rings. The van der Waals surface area contributed by atoms with Gasteiger partial charge >= 0.3 is 0 Å². The third-order valence-electron chi connectivity index (χ3n) is 16.6. The van der Waals surface area contributed by atoms with Crippen molar-refractivity contribution in [1.29, 1.82) is 0 Å². The Labute approximate surface area is 388 Å². The number of hydrogen-bond acceptors (Lipinski definition) is 0. The molecule has 0 heterocycles. The molecular weight excluding hydrogens is 793 g/mol. The van der Waals surface area contributed by atoms with Crippen molar-refractivity contribution in [1.82, 2.24) is 0 Å². The third kappa shape index (κ3) is 5.22. The first-order valence-corrected chi connectivity index (χ1v) is 24.0. The Morgan fingerprint density at radius 1 is 0.439 bits per heavy atom. The SMILES string of the molecule is CC1(C)c2ccccc2-c2ccc(-c3c4c(cc5ccccc35)-c3ccc(C(C5=CC6c7ccccc7-c7ccccc7C6C=C5)c5ccc6c(c5)C(C)(C)c5ccccc5-6)cc3C4)cc21. The van der Waals surface area contributed by atoms with Gasteiger partial charge < -0.3 is 0 Å². The fourth-order valence-corrected chi connectivity index (χ4v) is 13.4. The third-order valence-corrected chi connectivity index (χ3v) is 16.6. The molecule has 0 saturated carbocycles. The van der Waals surface area contributed by atoms with Gasteiger partial charge in [0.25, 0.3) is 0 Å². The Bertz CT molecular complexity index is 3640. The molecule has 0 amide bonds. The predicted molar refractivity (Wildman–Crippen MR) is 276 cm³/mol. The molecule has 0 N–H and O–H groups in total. The van der Waals surface area contributed by atoms with Gasteiger partial charge in [0.05, 0.1) is 0 Å². The van der Waals surface area contributed by atoms with Crippen molar-refractivity contribution in [3.63, 3.8) is 0 Å². The predicted octanol–water partition coefficient (Wildman–Crippen LogP) is 16.9. The van der Waals surface area contributed by atoms with E-state index in [4.69, 9.17) is 0 Å². The highest BCUT2D eigenvalue weighted by Gasteiger charge is 2.39. The van der Waals surface area contributed by atoms with Gasteiger partial charge in [-0.05, 0) is 146 Å². The summed E-state index contributed by atoms with van der Waals surface area (Å²) in [5.74, 6) is 0.618. The van der Waals surface area contributed by atoms with E-state index >= 15 is 0 Å². The van der Waals surface area contributed by atoms with Gasteiger partial charge in [0.1, 0.15) is 0 Å². The first-order valence-electron chi connectivity index (χ1n) is 24.0. The highest BCUT2D eigenvalue weighted by atomic mass is 14.4. The fourth-order valence-electron chi connectivity index (χ4n) is 13.4. The van der Waals surface area contributed by atoms with Crippen molar-refractivity contribution in [2.45, 2.75) is 62.7 Å². The van der Waals surface area contributed by atoms with E-state index in [2.05, 4.69) is 228 Å². The average molecular weight is 843 g/mol. The Hall–Kier alpha value is -7.28. The monoisotopic (exact) mass is 842 g/mol. The van der Waals surface area contributed by atoms with Crippen molar-refractivity contribution in [2.75, 3.05) is 0 Å². The highest BCUT2D eigenvalue weighted by molar-refractivity contribution is 6.05. The van der Waals surface area contributed by atoms with Crippen molar-refractivity contribution in [2.24, 2.45) is 0 Å². The van der Waals surface area contributed by atoms with Gasteiger partial charge in [0.2, 0.25) is 0 Å².